The first-order valence-corrected chi connectivity index (χ1v) is 6.63. The number of hydrogen-bond donors (Lipinski definition) is 0. The summed E-state index contributed by atoms with van der Waals surface area (Å²) in [7, 11) is 0. The Balaban J connectivity index is 1.90. The first-order chi connectivity index (χ1) is 8.72. The molecule has 0 saturated heterocycles. The predicted molar refractivity (Wildman–Crippen MR) is 69.8 cm³/mol. The van der Waals surface area contributed by atoms with Crippen LogP contribution in [0.4, 0.5) is 0 Å². The van der Waals surface area contributed by atoms with Gasteiger partial charge in [-0.15, -0.1) is 0 Å². The molecule has 4 nitrogen and oxygen atoms in total. The van der Waals surface area contributed by atoms with Crippen LogP contribution in [0.25, 0.3) is 0 Å². The van der Waals surface area contributed by atoms with Crippen LogP contribution < -0.4 is 0 Å². The van der Waals surface area contributed by atoms with Crippen LogP contribution >= 0.6 is 11.6 Å². The van der Waals surface area contributed by atoms with E-state index in [1.165, 1.54) is 24.2 Å². The number of aromatic nitrogens is 4. The molecule has 0 unspecified atom stereocenters. The van der Waals surface area contributed by atoms with Gasteiger partial charge in [0.1, 0.15) is 11.0 Å². The van der Waals surface area contributed by atoms with E-state index in [0.717, 1.165) is 24.4 Å². The lowest BCUT2D eigenvalue weighted by Gasteiger charge is -2.13. The minimum atomic E-state index is 0.506. The zero-order chi connectivity index (χ0) is 12.5. The molecule has 0 saturated carbocycles. The van der Waals surface area contributed by atoms with Gasteiger partial charge in [-0.05, 0) is 38.7 Å². The largest absolute Gasteiger partial charge is 0.327 e. The second-order valence-electron chi connectivity index (χ2n) is 4.72. The first-order valence-electron chi connectivity index (χ1n) is 6.25. The summed E-state index contributed by atoms with van der Waals surface area (Å²) < 4.78 is 2.15. The molecular formula is C13H15ClN4. The van der Waals surface area contributed by atoms with E-state index in [1.807, 2.05) is 13.3 Å². The maximum atomic E-state index is 5.96. The number of fused-ring (bicyclic) bond motifs is 1. The molecule has 18 heavy (non-hydrogen) atoms. The van der Waals surface area contributed by atoms with Gasteiger partial charge in [0.05, 0.1) is 18.6 Å². The van der Waals surface area contributed by atoms with Crippen LogP contribution in [0.5, 0.6) is 0 Å². The summed E-state index contributed by atoms with van der Waals surface area (Å²) in [5.74, 6) is 0.755. The SMILES string of the molecule is Cc1cc(Cl)nc(Cn2cnc3c2CCCC3)n1. The Labute approximate surface area is 111 Å². The van der Waals surface area contributed by atoms with Crippen LogP contribution in [0, 0.1) is 6.92 Å². The molecule has 0 atom stereocenters. The average molecular weight is 263 g/mol. The van der Waals surface area contributed by atoms with Gasteiger partial charge in [-0.2, -0.15) is 0 Å². The van der Waals surface area contributed by atoms with Gasteiger partial charge in [0.2, 0.25) is 0 Å². The third-order valence-corrected chi connectivity index (χ3v) is 3.48. The fourth-order valence-electron chi connectivity index (χ4n) is 2.48. The molecule has 0 amide bonds. The molecule has 2 aromatic heterocycles. The van der Waals surface area contributed by atoms with Gasteiger partial charge in [0.25, 0.3) is 0 Å². The van der Waals surface area contributed by atoms with E-state index < -0.39 is 0 Å². The fourth-order valence-corrected chi connectivity index (χ4v) is 2.73. The number of aryl methyl sites for hydroxylation is 2. The molecular weight excluding hydrogens is 248 g/mol. The molecule has 2 heterocycles. The van der Waals surface area contributed by atoms with Gasteiger partial charge in [0.15, 0.2) is 0 Å². The predicted octanol–water partition coefficient (Wildman–Crippen LogP) is 2.56. The molecule has 1 aliphatic carbocycles. The molecule has 5 heteroatoms. The monoisotopic (exact) mass is 262 g/mol. The maximum absolute atomic E-state index is 5.96. The molecule has 0 radical (unpaired) electrons. The molecule has 0 spiro atoms. The highest BCUT2D eigenvalue weighted by Gasteiger charge is 2.15. The Hall–Kier alpha value is -1.42. The van der Waals surface area contributed by atoms with E-state index in [0.29, 0.717) is 11.7 Å². The van der Waals surface area contributed by atoms with E-state index in [9.17, 15) is 0 Å². The van der Waals surface area contributed by atoms with E-state index in [4.69, 9.17) is 11.6 Å². The van der Waals surface area contributed by atoms with Crippen LogP contribution in [0.15, 0.2) is 12.4 Å². The highest BCUT2D eigenvalue weighted by Crippen LogP contribution is 2.20. The summed E-state index contributed by atoms with van der Waals surface area (Å²) in [5, 5.41) is 0.506. The molecule has 1 aliphatic rings. The summed E-state index contributed by atoms with van der Waals surface area (Å²) in [4.78, 5) is 13.1. The Morgan fingerprint density at radius 1 is 1.28 bits per heavy atom. The lowest BCUT2D eigenvalue weighted by molar-refractivity contribution is 0.619. The summed E-state index contributed by atoms with van der Waals surface area (Å²) in [6, 6.07) is 1.77. The highest BCUT2D eigenvalue weighted by atomic mass is 35.5. The van der Waals surface area contributed by atoms with Crippen LogP contribution in [0.3, 0.4) is 0 Å². The highest BCUT2D eigenvalue weighted by molar-refractivity contribution is 6.29. The van der Waals surface area contributed by atoms with Crippen molar-refractivity contribution >= 4 is 11.6 Å². The lowest BCUT2D eigenvalue weighted by atomic mass is 10.0. The van der Waals surface area contributed by atoms with Crippen molar-refractivity contribution in [3.8, 4) is 0 Å². The van der Waals surface area contributed by atoms with Gasteiger partial charge >= 0.3 is 0 Å². The summed E-state index contributed by atoms with van der Waals surface area (Å²) in [6.07, 6.45) is 6.59. The molecule has 0 aromatic carbocycles. The summed E-state index contributed by atoms with van der Waals surface area (Å²) in [6.45, 7) is 2.59. The van der Waals surface area contributed by atoms with Crippen molar-refractivity contribution in [2.45, 2.75) is 39.2 Å². The average Bonchev–Trinajstić information content (AvgIpc) is 2.72. The second-order valence-corrected chi connectivity index (χ2v) is 5.11. The third-order valence-electron chi connectivity index (χ3n) is 3.29. The van der Waals surface area contributed by atoms with Gasteiger partial charge < -0.3 is 4.57 Å². The molecule has 0 aliphatic heterocycles. The topological polar surface area (TPSA) is 43.6 Å². The number of imidazole rings is 1. The van der Waals surface area contributed by atoms with Crippen LogP contribution in [0.1, 0.15) is 35.7 Å². The quantitative estimate of drug-likeness (QED) is 0.782. The Bertz CT molecular complexity index is 556. The van der Waals surface area contributed by atoms with Gasteiger partial charge in [0, 0.05) is 11.4 Å². The maximum Gasteiger partial charge on any atom is 0.150 e. The van der Waals surface area contributed by atoms with Crippen molar-refractivity contribution < 1.29 is 0 Å². The van der Waals surface area contributed by atoms with Crippen LogP contribution in [0.2, 0.25) is 5.15 Å². The Kier molecular flexibility index (Phi) is 3.04. The van der Waals surface area contributed by atoms with E-state index in [-0.39, 0.29) is 0 Å². The van der Waals surface area contributed by atoms with E-state index >= 15 is 0 Å². The number of halogens is 1. The third kappa shape index (κ3) is 2.25. The fraction of sp³-hybridized carbons (Fsp3) is 0.462. The number of hydrogen-bond acceptors (Lipinski definition) is 3. The molecule has 94 valence electrons. The molecule has 0 fully saturated rings. The molecule has 0 bridgehead atoms. The van der Waals surface area contributed by atoms with Crippen molar-refractivity contribution in [3.63, 3.8) is 0 Å². The zero-order valence-corrected chi connectivity index (χ0v) is 11.1. The van der Waals surface area contributed by atoms with Crippen molar-refractivity contribution in [1.82, 2.24) is 19.5 Å². The lowest BCUT2D eigenvalue weighted by Crippen LogP contribution is -2.11. The molecule has 0 N–H and O–H groups in total. The van der Waals surface area contributed by atoms with Gasteiger partial charge in [-0.25, -0.2) is 15.0 Å². The minimum absolute atomic E-state index is 0.506. The second kappa shape index (κ2) is 4.69. The van der Waals surface area contributed by atoms with Crippen molar-refractivity contribution in [3.05, 3.63) is 40.5 Å². The van der Waals surface area contributed by atoms with Crippen LogP contribution in [-0.4, -0.2) is 19.5 Å². The molecule has 3 rings (SSSR count). The van der Waals surface area contributed by atoms with Gasteiger partial charge in [-0.1, -0.05) is 11.6 Å². The van der Waals surface area contributed by atoms with E-state index in [1.54, 1.807) is 6.07 Å². The Morgan fingerprint density at radius 2 is 2.11 bits per heavy atom. The number of nitrogens with zero attached hydrogens (tertiary/aromatic N) is 4. The summed E-state index contributed by atoms with van der Waals surface area (Å²) >= 11 is 5.96. The van der Waals surface area contributed by atoms with Crippen molar-refractivity contribution in [1.29, 1.82) is 0 Å². The van der Waals surface area contributed by atoms with Gasteiger partial charge in [-0.3, -0.25) is 0 Å². The normalized spacial score (nSPS) is 14.6. The van der Waals surface area contributed by atoms with Crippen molar-refractivity contribution in [2.75, 3.05) is 0 Å². The van der Waals surface area contributed by atoms with Crippen molar-refractivity contribution in [2.24, 2.45) is 0 Å². The molecule has 2 aromatic rings. The Morgan fingerprint density at radius 3 is 2.94 bits per heavy atom. The smallest absolute Gasteiger partial charge is 0.150 e. The standard InChI is InChI=1S/C13H15ClN4/c1-9-6-12(14)17-13(16-9)7-18-8-15-10-4-2-3-5-11(10)18/h6,8H,2-5,7H2,1H3. The van der Waals surface area contributed by atoms with Crippen LogP contribution in [-0.2, 0) is 19.4 Å². The minimum Gasteiger partial charge on any atom is -0.327 e. The number of rotatable bonds is 2. The zero-order valence-electron chi connectivity index (χ0n) is 10.4. The van der Waals surface area contributed by atoms with E-state index in [2.05, 4.69) is 19.5 Å². The summed E-state index contributed by atoms with van der Waals surface area (Å²) in [5.41, 5.74) is 3.47. The first kappa shape index (κ1) is 11.7.